The molecule has 1 aromatic carbocycles. The molecule has 3 rings (SSSR count). The molecule has 0 spiro atoms. The molecule has 102 valence electrons. The Labute approximate surface area is 117 Å². The van der Waals surface area contributed by atoms with Gasteiger partial charge < -0.3 is 4.42 Å². The van der Waals surface area contributed by atoms with Crippen LogP contribution in [0.2, 0.25) is 0 Å². The summed E-state index contributed by atoms with van der Waals surface area (Å²) in [5.74, 6) is 0.256. The van der Waals surface area contributed by atoms with Crippen molar-refractivity contribution in [2.75, 3.05) is 0 Å². The van der Waals surface area contributed by atoms with Crippen LogP contribution in [0, 0.1) is 20.8 Å². The van der Waals surface area contributed by atoms with Crippen molar-refractivity contribution in [1.82, 2.24) is 9.78 Å². The minimum absolute atomic E-state index is 0.109. The molecule has 0 fully saturated rings. The van der Waals surface area contributed by atoms with Gasteiger partial charge in [-0.3, -0.25) is 9.48 Å². The van der Waals surface area contributed by atoms with E-state index in [1.165, 1.54) is 0 Å². The highest BCUT2D eigenvalue weighted by Crippen LogP contribution is 2.24. The summed E-state index contributed by atoms with van der Waals surface area (Å²) in [7, 11) is 1.83. The summed E-state index contributed by atoms with van der Waals surface area (Å²) in [6, 6.07) is 7.68. The molecule has 0 saturated carbocycles. The third kappa shape index (κ3) is 1.84. The van der Waals surface area contributed by atoms with Gasteiger partial charge in [0.2, 0.25) is 5.78 Å². The molecule has 2 aromatic heterocycles. The highest BCUT2D eigenvalue weighted by Gasteiger charge is 2.22. The number of carbonyl (C=O) groups excluding carboxylic acids is 1. The zero-order valence-corrected chi connectivity index (χ0v) is 12.0. The quantitative estimate of drug-likeness (QED) is 0.670. The fraction of sp³-hybridized carbons (Fsp3) is 0.250. The van der Waals surface area contributed by atoms with Crippen molar-refractivity contribution in [2.45, 2.75) is 20.8 Å². The van der Waals surface area contributed by atoms with Crippen LogP contribution in [-0.2, 0) is 7.05 Å². The summed E-state index contributed by atoms with van der Waals surface area (Å²) < 4.78 is 7.39. The first kappa shape index (κ1) is 12.7. The van der Waals surface area contributed by atoms with Gasteiger partial charge in [-0.25, -0.2) is 0 Å². The molecule has 4 heteroatoms. The number of rotatable bonds is 2. The number of furan rings is 1. The summed E-state index contributed by atoms with van der Waals surface area (Å²) in [5, 5.41) is 5.23. The van der Waals surface area contributed by atoms with Crippen molar-refractivity contribution in [3.05, 3.63) is 52.5 Å². The number of fused-ring (bicyclic) bond motifs is 1. The lowest BCUT2D eigenvalue weighted by Gasteiger charge is -1.98. The fourth-order valence-electron chi connectivity index (χ4n) is 2.50. The maximum Gasteiger partial charge on any atom is 0.231 e. The van der Waals surface area contributed by atoms with Crippen LogP contribution in [0.25, 0.3) is 11.0 Å². The number of aryl methyl sites for hydroxylation is 3. The molecule has 0 atom stereocenters. The number of benzene rings is 1. The van der Waals surface area contributed by atoms with E-state index >= 15 is 0 Å². The molecule has 4 nitrogen and oxygen atoms in total. The molecule has 0 aliphatic carbocycles. The van der Waals surface area contributed by atoms with Crippen molar-refractivity contribution >= 4 is 16.8 Å². The van der Waals surface area contributed by atoms with Crippen molar-refractivity contribution in [3.63, 3.8) is 0 Å². The monoisotopic (exact) mass is 268 g/mol. The van der Waals surface area contributed by atoms with Crippen LogP contribution in [0.1, 0.15) is 33.1 Å². The van der Waals surface area contributed by atoms with Crippen molar-refractivity contribution in [3.8, 4) is 0 Å². The SMILES string of the molecule is Cc1ccc2oc(C(=O)c3c(C)nn(C)c3C)cc2c1. The van der Waals surface area contributed by atoms with Crippen LogP contribution < -0.4 is 0 Å². The number of hydrogen-bond acceptors (Lipinski definition) is 3. The number of hydrogen-bond donors (Lipinski definition) is 0. The van der Waals surface area contributed by atoms with Crippen molar-refractivity contribution in [1.29, 1.82) is 0 Å². The lowest BCUT2D eigenvalue weighted by Crippen LogP contribution is -2.03. The zero-order valence-electron chi connectivity index (χ0n) is 12.0. The smallest absolute Gasteiger partial charge is 0.231 e. The summed E-state index contributed by atoms with van der Waals surface area (Å²) in [6.07, 6.45) is 0. The predicted octanol–water partition coefficient (Wildman–Crippen LogP) is 3.32. The zero-order chi connectivity index (χ0) is 14.4. The van der Waals surface area contributed by atoms with Crippen LogP contribution in [0.15, 0.2) is 28.7 Å². The van der Waals surface area contributed by atoms with Gasteiger partial charge in [-0.2, -0.15) is 5.10 Å². The molecule has 0 saturated heterocycles. The molecule has 0 amide bonds. The topological polar surface area (TPSA) is 48.0 Å². The van der Waals surface area contributed by atoms with Crippen LogP contribution >= 0.6 is 0 Å². The molecule has 0 N–H and O–H groups in total. The Balaban J connectivity index is 2.12. The average molecular weight is 268 g/mol. The van der Waals surface area contributed by atoms with Gasteiger partial charge in [-0.05, 0) is 39.0 Å². The van der Waals surface area contributed by atoms with E-state index in [4.69, 9.17) is 4.42 Å². The molecule has 0 aliphatic heterocycles. The summed E-state index contributed by atoms with van der Waals surface area (Å²) in [5.41, 5.74) is 4.09. The standard InChI is InChI=1S/C16H16N2O2/c1-9-5-6-13-12(7-9)8-14(20-13)16(19)15-10(2)17-18(4)11(15)3/h5-8H,1-4H3. The molecule has 0 radical (unpaired) electrons. The Kier molecular flexibility index (Phi) is 2.74. The van der Waals surface area contributed by atoms with Gasteiger partial charge in [-0.15, -0.1) is 0 Å². The minimum atomic E-state index is -0.109. The lowest BCUT2D eigenvalue weighted by molar-refractivity contribution is 0.101. The van der Waals surface area contributed by atoms with Gasteiger partial charge in [0.1, 0.15) is 5.58 Å². The van der Waals surface area contributed by atoms with Gasteiger partial charge in [0, 0.05) is 18.1 Å². The molecule has 0 bridgehead atoms. The Hall–Kier alpha value is -2.36. The third-order valence-corrected chi connectivity index (χ3v) is 3.63. The summed E-state index contributed by atoms with van der Waals surface area (Å²) in [4.78, 5) is 12.6. The maximum absolute atomic E-state index is 12.6. The van der Waals surface area contributed by atoms with E-state index in [0.717, 1.165) is 27.9 Å². The van der Waals surface area contributed by atoms with E-state index in [1.807, 2.05) is 46.0 Å². The Morgan fingerprint density at radius 1 is 1.20 bits per heavy atom. The Bertz CT molecular complexity index is 824. The van der Waals surface area contributed by atoms with E-state index in [0.29, 0.717) is 11.3 Å². The fourth-order valence-corrected chi connectivity index (χ4v) is 2.50. The van der Waals surface area contributed by atoms with E-state index in [2.05, 4.69) is 5.10 Å². The third-order valence-electron chi connectivity index (χ3n) is 3.63. The van der Waals surface area contributed by atoms with E-state index < -0.39 is 0 Å². The lowest BCUT2D eigenvalue weighted by atomic mass is 10.1. The minimum Gasteiger partial charge on any atom is -0.453 e. The second kappa shape index (κ2) is 4.34. The molecular weight excluding hydrogens is 252 g/mol. The molecule has 0 aliphatic rings. The largest absolute Gasteiger partial charge is 0.453 e. The second-order valence-electron chi connectivity index (χ2n) is 5.15. The van der Waals surface area contributed by atoms with E-state index in [9.17, 15) is 4.79 Å². The Morgan fingerprint density at radius 3 is 2.60 bits per heavy atom. The first-order valence-corrected chi connectivity index (χ1v) is 6.52. The van der Waals surface area contributed by atoms with Crippen molar-refractivity contribution < 1.29 is 9.21 Å². The van der Waals surface area contributed by atoms with Crippen LogP contribution in [0.3, 0.4) is 0 Å². The number of carbonyl (C=O) groups is 1. The summed E-state index contributed by atoms with van der Waals surface area (Å²) >= 11 is 0. The normalized spacial score (nSPS) is 11.2. The highest BCUT2D eigenvalue weighted by molar-refractivity contribution is 6.10. The molecular formula is C16H16N2O2. The van der Waals surface area contributed by atoms with Crippen LogP contribution in [0.4, 0.5) is 0 Å². The van der Waals surface area contributed by atoms with Gasteiger partial charge in [0.25, 0.3) is 0 Å². The molecule has 2 heterocycles. The number of aromatic nitrogens is 2. The molecule has 0 unspecified atom stereocenters. The van der Waals surface area contributed by atoms with E-state index in [1.54, 1.807) is 10.7 Å². The summed E-state index contributed by atoms with van der Waals surface area (Å²) in [6.45, 7) is 5.75. The van der Waals surface area contributed by atoms with Crippen molar-refractivity contribution in [2.24, 2.45) is 7.05 Å². The van der Waals surface area contributed by atoms with E-state index in [-0.39, 0.29) is 5.78 Å². The number of ketones is 1. The van der Waals surface area contributed by atoms with Gasteiger partial charge in [0.05, 0.1) is 11.3 Å². The first-order chi connectivity index (χ1) is 9.47. The van der Waals surface area contributed by atoms with Gasteiger partial charge in [-0.1, -0.05) is 11.6 Å². The van der Waals surface area contributed by atoms with Crippen LogP contribution in [0.5, 0.6) is 0 Å². The maximum atomic E-state index is 12.6. The highest BCUT2D eigenvalue weighted by atomic mass is 16.3. The average Bonchev–Trinajstić information content (AvgIpc) is 2.91. The predicted molar refractivity (Wildman–Crippen MR) is 77.1 cm³/mol. The molecule has 3 aromatic rings. The first-order valence-electron chi connectivity index (χ1n) is 6.52. The van der Waals surface area contributed by atoms with Gasteiger partial charge >= 0.3 is 0 Å². The van der Waals surface area contributed by atoms with Gasteiger partial charge in [0.15, 0.2) is 5.76 Å². The Morgan fingerprint density at radius 2 is 1.95 bits per heavy atom. The van der Waals surface area contributed by atoms with Crippen LogP contribution in [-0.4, -0.2) is 15.6 Å². The second-order valence-corrected chi connectivity index (χ2v) is 5.15. The molecule has 20 heavy (non-hydrogen) atoms. The number of nitrogens with zero attached hydrogens (tertiary/aromatic N) is 2.